The fourth-order valence-electron chi connectivity index (χ4n) is 5.31. The Kier molecular flexibility index (Phi) is 7.89. The fourth-order valence-corrected chi connectivity index (χ4v) is 5.31. The van der Waals surface area contributed by atoms with Crippen LogP contribution in [-0.4, -0.2) is 47.2 Å². The van der Waals surface area contributed by atoms with Crippen molar-refractivity contribution in [3.63, 3.8) is 0 Å². The Labute approximate surface area is 211 Å². The average Bonchev–Trinajstić information content (AvgIpc) is 3.55. The molecule has 3 atom stereocenters. The first kappa shape index (κ1) is 28.7. The molecule has 1 saturated carbocycles. The number of carbonyl (C=O) groups is 1. The van der Waals surface area contributed by atoms with Gasteiger partial charge in [-0.15, -0.1) is 0 Å². The molecule has 3 rings (SSSR count). The van der Waals surface area contributed by atoms with E-state index in [1.54, 1.807) is 45.0 Å². The van der Waals surface area contributed by atoms with Crippen LogP contribution in [0, 0.1) is 25.2 Å². The molecule has 0 bridgehead atoms. The molecule has 0 saturated heterocycles. The molecule has 37 heavy (non-hydrogen) atoms. The minimum Gasteiger partial charge on any atom is -0.508 e. The number of aryl methyl sites for hydroxylation is 2. The van der Waals surface area contributed by atoms with Crippen molar-refractivity contribution in [3.8, 4) is 5.75 Å². The van der Waals surface area contributed by atoms with Gasteiger partial charge in [0.2, 0.25) is 5.91 Å². The molecule has 204 valence electrons. The third-order valence-corrected chi connectivity index (χ3v) is 7.53. The van der Waals surface area contributed by atoms with Crippen LogP contribution in [-0.2, 0) is 17.4 Å². The molecule has 11 heteroatoms. The van der Waals surface area contributed by atoms with Gasteiger partial charge in [0, 0.05) is 24.1 Å². The van der Waals surface area contributed by atoms with Gasteiger partial charge in [-0.05, 0) is 94.1 Å². The summed E-state index contributed by atoms with van der Waals surface area (Å²) in [7, 11) is 3.47. The van der Waals surface area contributed by atoms with E-state index >= 15 is 0 Å². The zero-order valence-electron chi connectivity index (χ0n) is 21.0. The number of alkyl halides is 6. The van der Waals surface area contributed by atoms with Crippen LogP contribution < -0.4 is 5.73 Å². The summed E-state index contributed by atoms with van der Waals surface area (Å²) in [4.78, 5) is 17.9. The van der Waals surface area contributed by atoms with E-state index in [4.69, 9.17) is 5.73 Å². The van der Waals surface area contributed by atoms with Crippen molar-refractivity contribution in [2.75, 3.05) is 14.1 Å². The number of phenolic OH excluding ortho intramolecular Hbond substituents is 1. The maximum atomic E-state index is 14.3. The van der Waals surface area contributed by atoms with Gasteiger partial charge in [0.05, 0.1) is 5.41 Å². The largest absolute Gasteiger partial charge is 0.508 e. The Hall–Kier alpha value is -2.82. The number of nitrogens with zero attached hydrogens (tertiary/aromatic N) is 2. The van der Waals surface area contributed by atoms with Crippen molar-refractivity contribution in [3.05, 3.63) is 58.4 Å². The predicted octanol–water partition coefficient (Wildman–Crippen LogP) is 5.51. The van der Waals surface area contributed by atoms with Gasteiger partial charge in [-0.25, -0.2) is 0 Å². The number of carbonyl (C=O) groups excluding carboxylic acids is 1. The summed E-state index contributed by atoms with van der Waals surface area (Å²) in [6.07, 6.45) is -8.85. The smallest absolute Gasteiger partial charge is 0.433 e. The second kappa shape index (κ2) is 10.2. The number of likely N-dealkylation sites (N-methyl/N-ethyl adjacent to an activating group) is 1. The van der Waals surface area contributed by atoms with Crippen LogP contribution in [0.25, 0.3) is 0 Å². The number of halogens is 6. The molecule has 0 radical (unpaired) electrons. The Morgan fingerprint density at radius 3 is 2.05 bits per heavy atom. The number of hydrogen-bond acceptors (Lipinski definition) is 4. The van der Waals surface area contributed by atoms with E-state index in [0.717, 1.165) is 29.0 Å². The second-order valence-corrected chi connectivity index (χ2v) is 10.2. The number of pyridine rings is 1. The molecule has 2 unspecified atom stereocenters. The molecule has 1 aliphatic carbocycles. The summed E-state index contributed by atoms with van der Waals surface area (Å²) < 4.78 is 82.2. The molecule has 1 heterocycles. The van der Waals surface area contributed by atoms with Gasteiger partial charge in [0.1, 0.15) is 11.4 Å². The molecule has 1 aromatic carbocycles. The van der Waals surface area contributed by atoms with E-state index < -0.39 is 47.2 Å². The van der Waals surface area contributed by atoms with E-state index in [1.807, 2.05) is 0 Å². The van der Waals surface area contributed by atoms with Crippen molar-refractivity contribution in [2.24, 2.45) is 17.1 Å². The Bertz CT molecular complexity index is 1100. The van der Waals surface area contributed by atoms with Gasteiger partial charge in [-0.3, -0.25) is 9.78 Å². The molecule has 3 N–H and O–H groups in total. The predicted molar refractivity (Wildman–Crippen MR) is 126 cm³/mol. The number of primary amides is 1. The van der Waals surface area contributed by atoms with Gasteiger partial charge in [0.25, 0.3) is 0 Å². The number of aromatic hydroxyl groups is 1. The summed E-state index contributed by atoms with van der Waals surface area (Å²) >= 11 is 0. The van der Waals surface area contributed by atoms with E-state index in [2.05, 4.69) is 4.98 Å². The van der Waals surface area contributed by atoms with Crippen molar-refractivity contribution in [2.45, 2.75) is 63.8 Å². The SMILES string of the molecule is Cc1cc(O)cc(C)c1C[C@H](CC(C(N)=O)C(c1ccc(C(F)(F)F)nc1)C1(C(F)(F)F)CC1)N(C)C. The Morgan fingerprint density at radius 2 is 1.68 bits per heavy atom. The number of hydrogen-bond donors (Lipinski definition) is 2. The van der Waals surface area contributed by atoms with Gasteiger partial charge in [-0.1, -0.05) is 6.07 Å². The topological polar surface area (TPSA) is 79.5 Å². The average molecular weight is 532 g/mol. The van der Waals surface area contributed by atoms with Crippen molar-refractivity contribution in [1.29, 1.82) is 0 Å². The van der Waals surface area contributed by atoms with Crippen molar-refractivity contribution in [1.82, 2.24) is 9.88 Å². The molecule has 1 aliphatic rings. The number of nitrogens with two attached hydrogens (primary N) is 1. The number of phenols is 1. The standard InChI is InChI=1S/C26H31F6N3O2/c1-14-9-18(36)10-15(2)19(14)11-17(35(3)4)12-20(23(33)37)22(24(7-8-24)26(30,31)32)16-5-6-21(34-13-16)25(27,28)29/h5-6,9-10,13,17,20,22,36H,7-8,11-12H2,1-4H3,(H2,33,37)/t17-,20?,22?/m1/s1. The number of benzene rings is 1. The first-order chi connectivity index (χ1) is 17.0. The summed E-state index contributed by atoms with van der Waals surface area (Å²) in [5.41, 5.74) is 4.57. The zero-order valence-corrected chi connectivity index (χ0v) is 21.0. The maximum Gasteiger partial charge on any atom is 0.433 e. The molecule has 1 fully saturated rings. The van der Waals surface area contributed by atoms with Gasteiger partial charge >= 0.3 is 12.4 Å². The van der Waals surface area contributed by atoms with Crippen LogP contribution in [0.4, 0.5) is 26.3 Å². The van der Waals surface area contributed by atoms with E-state index in [0.29, 0.717) is 12.5 Å². The minimum atomic E-state index is -4.76. The minimum absolute atomic E-state index is 0.0500. The van der Waals surface area contributed by atoms with Crippen LogP contribution in [0.1, 0.15) is 53.1 Å². The molecule has 1 amide bonds. The lowest BCUT2D eigenvalue weighted by Gasteiger charge is -2.37. The van der Waals surface area contributed by atoms with E-state index in [1.165, 1.54) is 0 Å². The monoisotopic (exact) mass is 531 g/mol. The second-order valence-electron chi connectivity index (χ2n) is 10.2. The molecule has 2 aromatic rings. The number of aromatic nitrogens is 1. The van der Waals surface area contributed by atoms with E-state index in [-0.39, 0.29) is 30.6 Å². The lowest BCUT2D eigenvalue weighted by molar-refractivity contribution is -0.198. The lowest BCUT2D eigenvalue weighted by Crippen LogP contribution is -2.44. The van der Waals surface area contributed by atoms with Crippen LogP contribution >= 0.6 is 0 Å². The van der Waals surface area contributed by atoms with Crippen LogP contribution in [0.15, 0.2) is 30.5 Å². The summed E-state index contributed by atoms with van der Waals surface area (Å²) in [5.74, 6) is -3.66. The molecular weight excluding hydrogens is 500 g/mol. The highest BCUT2D eigenvalue weighted by atomic mass is 19.4. The highest BCUT2D eigenvalue weighted by molar-refractivity contribution is 5.78. The van der Waals surface area contributed by atoms with Crippen molar-refractivity contribution < 1.29 is 36.2 Å². The highest BCUT2D eigenvalue weighted by Gasteiger charge is 2.69. The third kappa shape index (κ3) is 6.02. The molecule has 5 nitrogen and oxygen atoms in total. The molecule has 0 spiro atoms. The highest BCUT2D eigenvalue weighted by Crippen LogP contribution is 2.67. The summed E-state index contributed by atoms with van der Waals surface area (Å²) in [6.45, 7) is 3.61. The number of amides is 1. The van der Waals surface area contributed by atoms with Crippen LogP contribution in [0.5, 0.6) is 5.75 Å². The third-order valence-electron chi connectivity index (χ3n) is 7.53. The van der Waals surface area contributed by atoms with Gasteiger partial charge in [-0.2, -0.15) is 26.3 Å². The van der Waals surface area contributed by atoms with Crippen LogP contribution in [0.2, 0.25) is 0 Å². The molecule has 1 aromatic heterocycles. The quantitative estimate of drug-likeness (QED) is 0.418. The maximum absolute atomic E-state index is 14.3. The molecule has 0 aliphatic heterocycles. The lowest BCUT2D eigenvalue weighted by atomic mass is 9.71. The summed E-state index contributed by atoms with van der Waals surface area (Å²) in [6, 6.07) is 4.36. The fraction of sp³-hybridized carbons (Fsp3) is 0.538. The van der Waals surface area contributed by atoms with E-state index in [9.17, 15) is 36.2 Å². The normalized spacial score (nSPS) is 17.9. The number of rotatable bonds is 9. The first-order valence-corrected chi connectivity index (χ1v) is 11.8. The first-order valence-electron chi connectivity index (χ1n) is 11.8. The van der Waals surface area contributed by atoms with Crippen molar-refractivity contribution >= 4 is 5.91 Å². The Morgan fingerprint density at radius 1 is 1.11 bits per heavy atom. The van der Waals surface area contributed by atoms with Gasteiger partial charge < -0.3 is 15.7 Å². The summed E-state index contributed by atoms with van der Waals surface area (Å²) in [5, 5.41) is 9.87. The van der Waals surface area contributed by atoms with Gasteiger partial charge in [0.15, 0.2) is 0 Å². The zero-order chi connectivity index (χ0) is 27.9. The molecular formula is C26H31F6N3O2. The Balaban J connectivity index is 2.05. The van der Waals surface area contributed by atoms with Crippen LogP contribution in [0.3, 0.4) is 0 Å².